The Morgan fingerprint density at radius 2 is 2.05 bits per heavy atom. The van der Waals surface area contributed by atoms with Crippen LogP contribution in [0, 0.1) is 5.82 Å². The molecule has 0 bridgehead atoms. The zero-order chi connectivity index (χ0) is 14.5. The first-order chi connectivity index (χ1) is 9.61. The molecule has 0 unspecified atom stereocenters. The summed E-state index contributed by atoms with van der Waals surface area (Å²) >= 11 is 4.81. The average Bonchev–Trinajstić information content (AvgIpc) is 2.46. The minimum Gasteiger partial charge on any atom is -0.290 e. The molecule has 0 spiro atoms. The fraction of sp³-hybridized carbons (Fsp3) is 0.0714. The van der Waals surface area contributed by atoms with E-state index in [1.54, 1.807) is 30.3 Å². The molecule has 0 aliphatic carbocycles. The molecular weight excluding hydrogens is 343 g/mol. The second kappa shape index (κ2) is 6.88. The minimum atomic E-state index is -0.348. The number of carbonyl (C=O) groups is 1. The average molecular weight is 355 g/mol. The first-order valence-electron chi connectivity index (χ1n) is 5.78. The van der Waals surface area contributed by atoms with E-state index in [0.29, 0.717) is 16.2 Å². The van der Waals surface area contributed by atoms with Crippen LogP contribution in [-0.2, 0) is 5.75 Å². The van der Waals surface area contributed by atoms with Gasteiger partial charge in [0.05, 0.1) is 0 Å². The number of hydrazine groups is 1. The number of benzene rings is 2. The van der Waals surface area contributed by atoms with Crippen LogP contribution in [0.1, 0.15) is 15.9 Å². The van der Waals surface area contributed by atoms with Gasteiger partial charge >= 0.3 is 0 Å². The van der Waals surface area contributed by atoms with Crippen LogP contribution in [0.3, 0.4) is 0 Å². The third-order valence-electron chi connectivity index (χ3n) is 2.67. The number of rotatable bonds is 4. The molecule has 0 radical (unpaired) electrons. The van der Waals surface area contributed by atoms with Gasteiger partial charge in [-0.1, -0.05) is 34.1 Å². The van der Waals surface area contributed by atoms with Gasteiger partial charge in [0.15, 0.2) is 0 Å². The van der Waals surface area contributed by atoms with Gasteiger partial charge in [-0.3, -0.25) is 10.2 Å². The molecule has 2 rings (SSSR count). The number of amides is 1. The van der Waals surface area contributed by atoms with E-state index in [9.17, 15) is 9.18 Å². The number of halogens is 2. The van der Waals surface area contributed by atoms with Crippen LogP contribution in [0.15, 0.2) is 51.8 Å². The summed E-state index contributed by atoms with van der Waals surface area (Å²) in [6.07, 6.45) is 0. The first-order valence-corrected chi connectivity index (χ1v) is 7.56. The number of nitrogens with one attached hydrogen (secondary N) is 1. The molecule has 20 heavy (non-hydrogen) atoms. The van der Waals surface area contributed by atoms with Crippen LogP contribution in [0.4, 0.5) is 4.39 Å². The molecule has 0 aliphatic rings. The zero-order valence-corrected chi connectivity index (χ0v) is 12.8. The first kappa shape index (κ1) is 15.0. The van der Waals surface area contributed by atoms with Crippen LogP contribution in [0.5, 0.6) is 0 Å². The van der Waals surface area contributed by atoms with Crippen LogP contribution >= 0.6 is 27.7 Å². The third-order valence-corrected chi connectivity index (χ3v) is 4.50. The van der Waals surface area contributed by atoms with Crippen molar-refractivity contribution in [2.24, 2.45) is 5.84 Å². The van der Waals surface area contributed by atoms with Gasteiger partial charge in [0.1, 0.15) is 5.82 Å². The van der Waals surface area contributed by atoms with E-state index in [4.69, 9.17) is 5.84 Å². The van der Waals surface area contributed by atoms with Crippen LogP contribution in [-0.4, -0.2) is 5.91 Å². The van der Waals surface area contributed by atoms with E-state index in [-0.39, 0.29) is 11.7 Å². The smallest absolute Gasteiger partial charge is 0.265 e. The number of nitrogen functional groups attached to an aromatic ring is 1. The molecule has 3 N–H and O–H groups in total. The predicted octanol–water partition coefficient (Wildman–Crippen LogP) is 3.48. The zero-order valence-electron chi connectivity index (χ0n) is 10.4. The summed E-state index contributed by atoms with van der Waals surface area (Å²) in [7, 11) is 0. The largest absolute Gasteiger partial charge is 0.290 e. The fourth-order valence-electron chi connectivity index (χ4n) is 1.61. The molecule has 0 saturated heterocycles. The van der Waals surface area contributed by atoms with Crippen molar-refractivity contribution in [3.05, 3.63) is 63.9 Å². The Labute approximate surface area is 128 Å². The molecule has 0 aromatic heterocycles. The molecule has 0 heterocycles. The summed E-state index contributed by atoms with van der Waals surface area (Å²) in [5.41, 5.74) is 3.53. The number of thioether (sulfide) groups is 1. The van der Waals surface area contributed by atoms with Crippen molar-refractivity contribution < 1.29 is 9.18 Å². The molecule has 6 heteroatoms. The Balaban J connectivity index is 2.11. The summed E-state index contributed by atoms with van der Waals surface area (Å²) < 4.78 is 14.3. The molecule has 104 valence electrons. The molecule has 0 saturated carbocycles. The van der Waals surface area contributed by atoms with Crippen LogP contribution < -0.4 is 11.3 Å². The molecule has 0 aliphatic heterocycles. The summed E-state index contributed by atoms with van der Waals surface area (Å²) in [5.74, 6) is 5.11. The highest BCUT2D eigenvalue weighted by atomic mass is 79.9. The van der Waals surface area contributed by atoms with E-state index < -0.39 is 0 Å². The highest BCUT2D eigenvalue weighted by Gasteiger charge is 2.08. The fourth-order valence-corrected chi connectivity index (χ4v) is 3.25. The summed E-state index contributed by atoms with van der Waals surface area (Å²) in [6, 6.07) is 11.8. The maximum Gasteiger partial charge on any atom is 0.265 e. The Hall–Kier alpha value is -1.37. The van der Waals surface area contributed by atoms with Gasteiger partial charge in [-0.25, -0.2) is 10.2 Å². The molecule has 0 atom stereocenters. The second-order valence-electron chi connectivity index (χ2n) is 4.00. The van der Waals surface area contributed by atoms with Gasteiger partial charge in [0.2, 0.25) is 0 Å². The summed E-state index contributed by atoms with van der Waals surface area (Å²) in [6.45, 7) is 0. The quantitative estimate of drug-likeness (QED) is 0.382. The minimum absolute atomic E-state index is 0.229. The van der Waals surface area contributed by atoms with Crippen molar-refractivity contribution in [3.63, 3.8) is 0 Å². The number of hydrogen-bond acceptors (Lipinski definition) is 3. The normalized spacial score (nSPS) is 10.3. The highest BCUT2D eigenvalue weighted by Crippen LogP contribution is 2.29. The van der Waals surface area contributed by atoms with Crippen molar-refractivity contribution >= 4 is 33.6 Å². The maximum absolute atomic E-state index is 13.5. The molecule has 2 aromatic carbocycles. The van der Waals surface area contributed by atoms with Crippen molar-refractivity contribution in [2.45, 2.75) is 10.6 Å². The lowest BCUT2D eigenvalue weighted by atomic mass is 10.1. The van der Waals surface area contributed by atoms with Crippen molar-refractivity contribution in [2.75, 3.05) is 0 Å². The van der Waals surface area contributed by atoms with Crippen molar-refractivity contribution in [1.82, 2.24) is 5.43 Å². The van der Waals surface area contributed by atoms with Crippen LogP contribution in [0.2, 0.25) is 0 Å². The van der Waals surface area contributed by atoms with Crippen molar-refractivity contribution in [1.29, 1.82) is 0 Å². The lowest BCUT2D eigenvalue weighted by Crippen LogP contribution is -2.29. The van der Waals surface area contributed by atoms with Gasteiger partial charge in [0, 0.05) is 20.7 Å². The number of nitrogens with two attached hydrogens (primary N) is 1. The second-order valence-corrected chi connectivity index (χ2v) is 5.87. The van der Waals surface area contributed by atoms with E-state index in [1.165, 1.54) is 17.8 Å². The number of hydrogen-bond donors (Lipinski definition) is 2. The Bertz CT molecular complexity index is 636. The monoisotopic (exact) mass is 354 g/mol. The van der Waals surface area contributed by atoms with Crippen molar-refractivity contribution in [3.8, 4) is 0 Å². The van der Waals surface area contributed by atoms with E-state index >= 15 is 0 Å². The molecule has 1 amide bonds. The molecular formula is C14H12BrFN2OS. The summed E-state index contributed by atoms with van der Waals surface area (Å²) in [5, 5.41) is 0. The topological polar surface area (TPSA) is 55.1 Å². The molecule has 2 aromatic rings. The summed E-state index contributed by atoms with van der Waals surface area (Å²) in [4.78, 5) is 12.0. The van der Waals surface area contributed by atoms with Crippen LogP contribution in [0.25, 0.3) is 0 Å². The van der Waals surface area contributed by atoms with Gasteiger partial charge in [-0.05, 0) is 29.8 Å². The Morgan fingerprint density at radius 3 is 2.70 bits per heavy atom. The van der Waals surface area contributed by atoms with Gasteiger partial charge < -0.3 is 0 Å². The van der Waals surface area contributed by atoms with E-state index in [1.807, 2.05) is 6.07 Å². The molecule has 0 fully saturated rings. The lowest BCUT2D eigenvalue weighted by Gasteiger charge is -2.07. The standard InChI is InChI=1S/C14H12BrFN2OS/c15-11-7-9(14(19)18-17)5-6-10(11)8-20-13-4-2-1-3-12(13)16/h1-7H,8,17H2,(H,18,19). The predicted molar refractivity (Wildman–Crippen MR) is 81.8 cm³/mol. The van der Waals surface area contributed by atoms with Gasteiger partial charge in [-0.2, -0.15) is 0 Å². The van der Waals surface area contributed by atoms with Gasteiger partial charge in [-0.15, -0.1) is 11.8 Å². The molecule has 3 nitrogen and oxygen atoms in total. The number of carbonyl (C=O) groups excluding carboxylic acids is 1. The highest BCUT2D eigenvalue weighted by molar-refractivity contribution is 9.10. The SMILES string of the molecule is NNC(=O)c1ccc(CSc2ccccc2F)c(Br)c1. The Kier molecular flexibility index (Phi) is 5.17. The maximum atomic E-state index is 13.5. The lowest BCUT2D eigenvalue weighted by molar-refractivity contribution is 0.0953. The van der Waals surface area contributed by atoms with Gasteiger partial charge in [0.25, 0.3) is 5.91 Å². The third kappa shape index (κ3) is 3.59. The Morgan fingerprint density at radius 1 is 1.30 bits per heavy atom. The van der Waals surface area contributed by atoms with E-state index in [0.717, 1.165) is 10.0 Å². The van der Waals surface area contributed by atoms with E-state index in [2.05, 4.69) is 21.4 Å².